The minimum absolute atomic E-state index is 0.0341. The minimum Gasteiger partial charge on any atom is -0.497 e. The van der Waals surface area contributed by atoms with Crippen molar-refractivity contribution in [1.82, 2.24) is 0 Å². The maximum atomic E-state index is 11.2. The fraction of sp³-hybridized carbons (Fsp3) is 0.538. The van der Waals surface area contributed by atoms with Crippen molar-refractivity contribution in [2.24, 2.45) is 17.3 Å². The molecule has 2 aromatic carbocycles. The van der Waals surface area contributed by atoms with E-state index in [9.17, 15) is 10.1 Å². The zero-order chi connectivity index (χ0) is 21.8. The molecule has 3 fully saturated rings. The number of rotatable bonds is 5. The third-order valence-electron chi connectivity index (χ3n) is 8.55. The number of non-ortho nitro benzene ring substituents is 1. The number of fused-ring (bicyclic) bond motifs is 3. The highest BCUT2D eigenvalue weighted by molar-refractivity contribution is 5.59. The SMILES string of the molecule is CCC[C@H]1[C@@H]2CCc3cc(OC)ccc3[C@@]23CC[C@]1(C)CN3c1ccc([N+](=O)[O-])cc1. The van der Waals surface area contributed by atoms with E-state index < -0.39 is 0 Å². The quantitative estimate of drug-likeness (QED) is 0.433. The third-order valence-corrected chi connectivity index (χ3v) is 8.55. The van der Waals surface area contributed by atoms with Crippen molar-refractivity contribution in [1.29, 1.82) is 0 Å². The van der Waals surface area contributed by atoms with Crippen molar-refractivity contribution in [2.45, 2.75) is 57.9 Å². The molecular weight excluding hydrogens is 388 g/mol. The first-order valence-electron chi connectivity index (χ1n) is 11.6. The minimum atomic E-state index is -0.312. The molecule has 1 spiro atoms. The average molecular weight is 421 g/mol. The standard InChI is InChI=1S/C26H32N2O3/c1-4-5-23-24-12-6-18-16-21(31-3)11-13-22(18)26(24)15-14-25(23,2)17-27(26)19-7-9-20(10-8-19)28(29)30/h7-11,13,16,23-24H,4-6,12,14-15,17H2,1-3H3/t23-,24-,25+,26-/m0/s1. The summed E-state index contributed by atoms with van der Waals surface area (Å²) in [7, 11) is 1.73. The summed E-state index contributed by atoms with van der Waals surface area (Å²) < 4.78 is 5.54. The van der Waals surface area contributed by atoms with E-state index in [0.29, 0.717) is 5.92 Å². The van der Waals surface area contributed by atoms with Crippen LogP contribution in [0.4, 0.5) is 11.4 Å². The molecule has 2 bridgehead atoms. The van der Waals surface area contributed by atoms with Crippen LogP contribution >= 0.6 is 0 Å². The van der Waals surface area contributed by atoms with E-state index in [2.05, 4.69) is 36.9 Å². The summed E-state index contributed by atoms with van der Waals surface area (Å²) in [5.74, 6) is 2.25. The predicted molar refractivity (Wildman–Crippen MR) is 123 cm³/mol. The first-order valence-corrected chi connectivity index (χ1v) is 11.6. The Labute approximate surface area is 184 Å². The zero-order valence-electron chi connectivity index (χ0n) is 18.8. The lowest BCUT2D eigenvalue weighted by atomic mass is 9.46. The van der Waals surface area contributed by atoms with Crippen molar-refractivity contribution >= 4 is 11.4 Å². The predicted octanol–water partition coefficient (Wildman–Crippen LogP) is 6.10. The Morgan fingerprint density at radius 1 is 1.19 bits per heavy atom. The van der Waals surface area contributed by atoms with Crippen LogP contribution in [-0.4, -0.2) is 18.6 Å². The second-order valence-corrected chi connectivity index (χ2v) is 10.0. The van der Waals surface area contributed by atoms with E-state index in [4.69, 9.17) is 4.74 Å². The molecule has 4 aliphatic rings. The van der Waals surface area contributed by atoms with E-state index in [1.807, 2.05) is 12.1 Å². The molecular formula is C26H32N2O3. The summed E-state index contributed by atoms with van der Waals surface area (Å²) in [4.78, 5) is 13.5. The molecule has 2 aliphatic carbocycles. The van der Waals surface area contributed by atoms with Crippen molar-refractivity contribution in [3.05, 3.63) is 63.7 Å². The molecule has 0 N–H and O–H groups in total. The third kappa shape index (κ3) is 2.89. The number of nitrogens with zero attached hydrogens (tertiary/aromatic N) is 2. The molecule has 0 radical (unpaired) electrons. The molecule has 5 heteroatoms. The maximum absolute atomic E-state index is 11.2. The molecule has 164 valence electrons. The second-order valence-electron chi connectivity index (χ2n) is 10.0. The molecule has 2 aliphatic heterocycles. The van der Waals surface area contributed by atoms with Gasteiger partial charge >= 0.3 is 0 Å². The molecule has 5 nitrogen and oxygen atoms in total. The molecule has 4 atom stereocenters. The van der Waals surface area contributed by atoms with Crippen molar-refractivity contribution in [3.63, 3.8) is 0 Å². The van der Waals surface area contributed by atoms with E-state index >= 15 is 0 Å². The Bertz CT molecular complexity index is 1000. The number of hydrogen-bond acceptors (Lipinski definition) is 4. The summed E-state index contributed by atoms with van der Waals surface area (Å²) in [6.45, 7) is 5.81. The number of aryl methyl sites for hydroxylation is 1. The van der Waals surface area contributed by atoms with Gasteiger partial charge in [-0.3, -0.25) is 10.1 Å². The van der Waals surface area contributed by atoms with Gasteiger partial charge in [-0.15, -0.1) is 0 Å². The summed E-state index contributed by atoms with van der Waals surface area (Å²) in [6.07, 6.45) is 7.18. The summed E-state index contributed by atoms with van der Waals surface area (Å²) in [5.41, 5.74) is 4.37. The van der Waals surface area contributed by atoms with Crippen LogP contribution in [0.15, 0.2) is 42.5 Å². The van der Waals surface area contributed by atoms with Gasteiger partial charge in [-0.1, -0.05) is 26.3 Å². The van der Waals surface area contributed by atoms with Gasteiger partial charge in [0.25, 0.3) is 5.69 Å². The van der Waals surface area contributed by atoms with Gasteiger partial charge in [0.2, 0.25) is 0 Å². The van der Waals surface area contributed by atoms with Crippen LogP contribution in [0.2, 0.25) is 0 Å². The van der Waals surface area contributed by atoms with E-state index in [1.54, 1.807) is 19.2 Å². The zero-order valence-corrected chi connectivity index (χ0v) is 18.8. The smallest absolute Gasteiger partial charge is 0.269 e. The number of nitro groups is 1. The second kappa shape index (κ2) is 7.25. The average Bonchev–Trinajstić information content (AvgIpc) is 2.79. The van der Waals surface area contributed by atoms with Gasteiger partial charge in [-0.2, -0.15) is 0 Å². The summed E-state index contributed by atoms with van der Waals surface area (Å²) in [6, 6.07) is 13.9. The number of benzene rings is 2. The van der Waals surface area contributed by atoms with Crippen LogP contribution in [0, 0.1) is 27.4 Å². The van der Waals surface area contributed by atoms with Gasteiger partial charge in [-0.05, 0) is 84.7 Å². The van der Waals surface area contributed by atoms with Crippen LogP contribution in [0.5, 0.6) is 5.75 Å². The lowest BCUT2D eigenvalue weighted by Crippen LogP contribution is -2.69. The number of hydrogen-bond donors (Lipinski definition) is 0. The number of ether oxygens (including phenoxy) is 1. The van der Waals surface area contributed by atoms with Gasteiger partial charge in [0.15, 0.2) is 0 Å². The van der Waals surface area contributed by atoms with Gasteiger partial charge in [0.05, 0.1) is 17.6 Å². The molecule has 2 saturated heterocycles. The number of piperidine rings is 2. The number of anilines is 1. The van der Waals surface area contributed by atoms with E-state index in [-0.39, 0.29) is 21.6 Å². The number of nitro benzene ring substituents is 1. The summed E-state index contributed by atoms with van der Waals surface area (Å²) >= 11 is 0. The number of methoxy groups -OCH3 is 1. The normalized spacial score (nSPS) is 31.1. The Morgan fingerprint density at radius 3 is 2.65 bits per heavy atom. The van der Waals surface area contributed by atoms with Crippen LogP contribution in [0.3, 0.4) is 0 Å². The van der Waals surface area contributed by atoms with E-state index in [1.165, 1.54) is 36.8 Å². The highest BCUT2D eigenvalue weighted by atomic mass is 16.6. The van der Waals surface area contributed by atoms with Gasteiger partial charge in [-0.25, -0.2) is 0 Å². The molecule has 31 heavy (non-hydrogen) atoms. The topological polar surface area (TPSA) is 55.6 Å². The van der Waals surface area contributed by atoms with Crippen LogP contribution in [0.1, 0.15) is 57.1 Å². The summed E-state index contributed by atoms with van der Waals surface area (Å²) in [5, 5.41) is 11.2. The molecule has 1 saturated carbocycles. The molecule has 2 aromatic rings. The Balaban J connectivity index is 1.67. The largest absolute Gasteiger partial charge is 0.497 e. The lowest BCUT2D eigenvalue weighted by molar-refractivity contribution is -0.384. The first-order chi connectivity index (χ1) is 14.9. The van der Waals surface area contributed by atoms with Crippen LogP contribution in [-0.2, 0) is 12.0 Å². The Kier molecular flexibility index (Phi) is 4.76. The maximum Gasteiger partial charge on any atom is 0.269 e. The highest BCUT2D eigenvalue weighted by Gasteiger charge is 2.63. The first kappa shape index (κ1) is 20.3. The molecule has 6 rings (SSSR count). The molecule has 0 unspecified atom stereocenters. The van der Waals surface area contributed by atoms with Crippen molar-refractivity contribution in [3.8, 4) is 5.75 Å². The van der Waals surface area contributed by atoms with Crippen LogP contribution < -0.4 is 9.64 Å². The molecule has 2 heterocycles. The fourth-order valence-electron chi connectivity index (χ4n) is 7.19. The fourth-order valence-corrected chi connectivity index (χ4v) is 7.19. The van der Waals surface area contributed by atoms with Gasteiger partial charge < -0.3 is 9.64 Å². The molecule has 0 aromatic heterocycles. The Hall–Kier alpha value is -2.56. The van der Waals surface area contributed by atoms with Crippen LogP contribution in [0.25, 0.3) is 0 Å². The Morgan fingerprint density at radius 2 is 1.97 bits per heavy atom. The van der Waals surface area contributed by atoms with Crippen molar-refractivity contribution < 1.29 is 9.66 Å². The van der Waals surface area contributed by atoms with Gasteiger partial charge in [0.1, 0.15) is 5.75 Å². The monoisotopic (exact) mass is 420 g/mol. The molecule has 0 amide bonds. The lowest BCUT2D eigenvalue weighted by Gasteiger charge is -2.69. The van der Waals surface area contributed by atoms with E-state index in [0.717, 1.165) is 36.7 Å². The van der Waals surface area contributed by atoms with Gasteiger partial charge in [0, 0.05) is 24.4 Å². The highest BCUT2D eigenvalue weighted by Crippen LogP contribution is 2.65. The van der Waals surface area contributed by atoms with Crippen molar-refractivity contribution in [2.75, 3.05) is 18.6 Å².